The van der Waals surface area contributed by atoms with E-state index in [2.05, 4.69) is 4.98 Å². The molecule has 0 amide bonds. The van der Waals surface area contributed by atoms with E-state index in [-0.39, 0.29) is 5.56 Å². The van der Waals surface area contributed by atoms with E-state index in [1.165, 1.54) is 16.9 Å². The number of benzene rings is 2. The number of nitrogens with zero attached hydrogens (tertiary/aromatic N) is 1. The van der Waals surface area contributed by atoms with Crippen molar-refractivity contribution in [1.29, 1.82) is 0 Å². The Morgan fingerprint density at radius 3 is 2.62 bits per heavy atom. The van der Waals surface area contributed by atoms with E-state index in [4.69, 9.17) is 26.1 Å². The van der Waals surface area contributed by atoms with Crippen LogP contribution in [0.3, 0.4) is 0 Å². The lowest BCUT2D eigenvalue weighted by atomic mass is 9.97. The number of para-hydroxylation sites is 1. The van der Waals surface area contributed by atoms with Gasteiger partial charge >= 0.3 is 0 Å². The molecular formula is C25H23ClN2O3S. The number of thiophene rings is 1. The number of H-pyrrole nitrogens is 1. The summed E-state index contributed by atoms with van der Waals surface area (Å²) < 4.78 is 11.5. The number of ether oxygens (including phenoxy) is 2. The average molecular weight is 467 g/mol. The van der Waals surface area contributed by atoms with Gasteiger partial charge < -0.3 is 14.5 Å². The van der Waals surface area contributed by atoms with Gasteiger partial charge in [-0.1, -0.05) is 23.7 Å². The third-order valence-corrected chi connectivity index (χ3v) is 7.10. The second kappa shape index (κ2) is 9.35. The number of hydrogen-bond acceptors (Lipinski definition) is 5. The molecule has 2 aromatic carbocycles. The summed E-state index contributed by atoms with van der Waals surface area (Å²) in [5, 5.41) is 1.39. The first-order valence-corrected chi connectivity index (χ1v) is 12.0. The fraction of sp³-hybridized carbons (Fsp3) is 0.280. The van der Waals surface area contributed by atoms with Gasteiger partial charge in [-0.3, -0.25) is 4.79 Å². The lowest BCUT2D eigenvalue weighted by Crippen LogP contribution is -2.11. The van der Waals surface area contributed by atoms with Gasteiger partial charge in [-0.05, 0) is 67.6 Å². The topological polar surface area (TPSA) is 64.2 Å². The molecule has 0 saturated carbocycles. The SMILES string of the molecule is O=c1[nH]c(-c2ccc(OCCCOc3ccccc3Cl)cc2)nc2sc3c(c12)CCCC3. The summed E-state index contributed by atoms with van der Waals surface area (Å²) in [5.74, 6) is 2.05. The summed E-state index contributed by atoms with van der Waals surface area (Å²) in [6, 6.07) is 15.1. The van der Waals surface area contributed by atoms with Gasteiger partial charge in [0, 0.05) is 16.9 Å². The van der Waals surface area contributed by atoms with E-state index in [1.807, 2.05) is 48.5 Å². The summed E-state index contributed by atoms with van der Waals surface area (Å²) in [7, 11) is 0. The third-order valence-electron chi connectivity index (χ3n) is 5.60. The van der Waals surface area contributed by atoms with Crippen molar-refractivity contribution in [2.45, 2.75) is 32.1 Å². The third kappa shape index (κ3) is 4.38. The first kappa shape index (κ1) is 21.0. The Labute approximate surface area is 195 Å². The highest BCUT2D eigenvalue weighted by molar-refractivity contribution is 7.18. The van der Waals surface area contributed by atoms with Crippen LogP contribution in [0.1, 0.15) is 29.7 Å². The first-order valence-electron chi connectivity index (χ1n) is 10.8. The zero-order valence-corrected chi connectivity index (χ0v) is 19.1. The summed E-state index contributed by atoms with van der Waals surface area (Å²) in [6.45, 7) is 1.06. The number of nitrogens with one attached hydrogen (secondary N) is 1. The lowest BCUT2D eigenvalue weighted by molar-refractivity contribution is 0.247. The van der Waals surface area contributed by atoms with E-state index in [9.17, 15) is 4.79 Å². The van der Waals surface area contributed by atoms with Gasteiger partial charge in [0.2, 0.25) is 0 Å². The van der Waals surface area contributed by atoms with E-state index in [0.29, 0.717) is 29.8 Å². The van der Waals surface area contributed by atoms with Crippen molar-refractivity contribution in [3.63, 3.8) is 0 Å². The normalized spacial score (nSPS) is 13.2. The second-order valence-corrected chi connectivity index (χ2v) is 9.30. The fourth-order valence-corrected chi connectivity index (χ4v) is 5.45. The minimum absolute atomic E-state index is 0.0387. The molecule has 2 aromatic heterocycles. The van der Waals surface area contributed by atoms with Gasteiger partial charge in [0.05, 0.1) is 23.6 Å². The predicted molar refractivity (Wildman–Crippen MR) is 129 cm³/mol. The summed E-state index contributed by atoms with van der Waals surface area (Å²) in [4.78, 5) is 22.7. The van der Waals surface area contributed by atoms with E-state index in [1.54, 1.807) is 11.3 Å². The Bertz CT molecular complexity index is 1300. The van der Waals surface area contributed by atoms with Crippen molar-refractivity contribution in [2.24, 2.45) is 0 Å². The predicted octanol–water partition coefficient (Wildman–Crippen LogP) is 6.03. The van der Waals surface area contributed by atoms with Crippen LogP contribution in [0.4, 0.5) is 0 Å². The van der Waals surface area contributed by atoms with Crippen molar-refractivity contribution in [1.82, 2.24) is 9.97 Å². The fourth-order valence-electron chi connectivity index (χ4n) is 4.00. The molecule has 1 aliphatic rings. The molecule has 1 N–H and O–H groups in total. The van der Waals surface area contributed by atoms with Crippen LogP contribution in [0, 0.1) is 0 Å². The van der Waals surface area contributed by atoms with Gasteiger partial charge in [-0.15, -0.1) is 11.3 Å². The van der Waals surface area contributed by atoms with E-state index < -0.39 is 0 Å². The Morgan fingerprint density at radius 2 is 1.78 bits per heavy atom. The molecule has 0 spiro atoms. The van der Waals surface area contributed by atoms with Crippen molar-refractivity contribution in [3.05, 3.63) is 74.3 Å². The number of halogens is 1. The Balaban J connectivity index is 1.21. The Hall–Kier alpha value is -2.83. The van der Waals surface area contributed by atoms with Crippen molar-refractivity contribution in [3.8, 4) is 22.9 Å². The molecule has 0 saturated heterocycles. The molecule has 4 aromatic rings. The molecule has 2 heterocycles. The van der Waals surface area contributed by atoms with Gasteiger partial charge in [-0.25, -0.2) is 4.98 Å². The minimum atomic E-state index is -0.0387. The largest absolute Gasteiger partial charge is 0.493 e. The maximum absolute atomic E-state index is 12.8. The smallest absolute Gasteiger partial charge is 0.260 e. The molecule has 0 fully saturated rings. The van der Waals surface area contributed by atoms with Crippen molar-refractivity contribution < 1.29 is 9.47 Å². The van der Waals surface area contributed by atoms with Crippen LogP contribution >= 0.6 is 22.9 Å². The van der Waals surface area contributed by atoms with Crippen LogP contribution < -0.4 is 15.0 Å². The Morgan fingerprint density at radius 1 is 1.00 bits per heavy atom. The molecule has 1 aliphatic carbocycles. The van der Waals surface area contributed by atoms with E-state index >= 15 is 0 Å². The lowest BCUT2D eigenvalue weighted by Gasteiger charge is -2.10. The molecule has 0 aliphatic heterocycles. The number of rotatable bonds is 7. The highest BCUT2D eigenvalue weighted by atomic mass is 35.5. The summed E-state index contributed by atoms with van der Waals surface area (Å²) in [5.41, 5.74) is 2.03. The molecule has 5 rings (SSSR count). The van der Waals surface area contributed by atoms with Crippen LogP contribution in [0.5, 0.6) is 11.5 Å². The van der Waals surface area contributed by atoms with E-state index in [0.717, 1.165) is 47.2 Å². The van der Waals surface area contributed by atoms with Crippen LogP contribution in [0.2, 0.25) is 5.02 Å². The minimum Gasteiger partial charge on any atom is -0.493 e. The molecule has 164 valence electrons. The van der Waals surface area contributed by atoms with Gasteiger partial charge in [0.25, 0.3) is 5.56 Å². The number of aryl methyl sites for hydroxylation is 2. The second-order valence-electron chi connectivity index (χ2n) is 7.81. The van der Waals surface area contributed by atoms with Crippen LogP contribution in [-0.4, -0.2) is 23.2 Å². The van der Waals surface area contributed by atoms with Crippen LogP contribution in [0.25, 0.3) is 21.6 Å². The molecule has 0 atom stereocenters. The molecule has 0 bridgehead atoms. The highest BCUT2D eigenvalue weighted by Gasteiger charge is 2.20. The molecule has 32 heavy (non-hydrogen) atoms. The van der Waals surface area contributed by atoms with Gasteiger partial charge in [-0.2, -0.15) is 0 Å². The molecule has 5 nitrogen and oxygen atoms in total. The molecular weight excluding hydrogens is 444 g/mol. The number of aromatic amines is 1. The first-order chi connectivity index (χ1) is 15.7. The van der Waals surface area contributed by atoms with Crippen LogP contribution in [0.15, 0.2) is 53.3 Å². The van der Waals surface area contributed by atoms with Gasteiger partial charge in [0.15, 0.2) is 0 Å². The highest BCUT2D eigenvalue weighted by Crippen LogP contribution is 2.34. The molecule has 0 unspecified atom stereocenters. The zero-order valence-electron chi connectivity index (χ0n) is 17.5. The maximum atomic E-state index is 12.8. The zero-order chi connectivity index (χ0) is 21.9. The number of aromatic nitrogens is 2. The number of fused-ring (bicyclic) bond motifs is 3. The van der Waals surface area contributed by atoms with Crippen molar-refractivity contribution in [2.75, 3.05) is 13.2 Å². The average Bonchev–Trinajstić information content (AvgIpc) is 3.19. The summed E-state index contributed by atoms with van der Waals surface area (Å²) >= 11 is 7.75. The quantitative estimate of drug-likeness (QED) is 0.337. The van der Waals surface area contributed by atoms with Gasteiger partial charge in [0.1, 0.15) is 22.2 Å². The molecule has 0 radical (unpaired) electrons. The van der Waals surface area contributed by atoms with Crippen LogP contribution in [-0.2, 0) is 12.8 Å². The monoisotopic (exact) mass is 466 g/mol. The Kier molecular flexibility index (Phi) is 6.14. The van der Waals surface area contributed by atoms with Crippen molar-refractivity contribution >= 4 is 33.2 Å². The standard InChI is InChI=1S/C25H23ClN2O3S/c26-19-7-2-3-8-20(19)31-15-5-14-30-17-12-10-16(11-13-17)23-27-24(29)22-18-6-1-4-9-21(18)32-25(22)28-23/h2-3,7-8,10-13H,1,4-6,9,14-15H2,(H,27,28,29). The number of hydrogen-bond donors (Lipinski definition) is 1. The molecule has 7 heteroatoms. The summed E-state index contributed by atoms with van der Waals surface area (Å²) in [6.07, 6.45) is 5.11. The maximum Gasteiger partial charge on any atom is 0.260 e.